The number of nitrogens with zero attached hydrogens (tertiary/aromatic N) is 1. The van der Waals surface area contributed by atoms with Gasteiger partial charge >= 0.3 is 18.1 Å². The van der Waals surface area contributed by atoms with Crippen LogP contribution in [0.4, 0.5) is 13.2 Å². The Kier molecular flexibility index (Phi) is 4.35. The number of halogens is 3. The van der Waals surface area contributed by atoms with Gasteiger partial charge in [-0.25, -0.2) is 9.59 Å². The molecule has 0 fully saturated rings. The van der Waals surface area contributed by atoms with Crippen LogP contribution in [-0.2, 0) is 23.9 Å². The first-order chi connectivity index (χ1) is 9.47. The van der Waals surface area contributed by atoms with Crippen LogP contribution in [0.3, 0.4) is 0 Å². The van der Waals surface area contributed by atoms with E-state index in [0.717, 1.165) is 14.2 Å². The third-order valence-electron chi connectivity index (χ3n) is 3.02. The second kappa shape index (κ2) is 5.38. The van der Waals surface area contributed by atoms with Gasteiger partial charge in [-0.15, -0.1) is 0 Å². The lowest BCUT2D eigenvalue weighted by Gasteiger charge is -2.23. The molecule has 21 heavy (non-hydrogen) atoms. The molecule has 0 spiro atoms. The van der Waals surface area contributed by atoms with Crippen molar-refractivity contribution in [2.24, 2.45) is 5.41 Å². The van der Waals surface area contributed by atoms with Gasteiger partial charge in [0.1, 0.15) is 12.2 Å². The molecule has 1 amide bonds. The van der Waals surface area contributed by atoms with Crippen molar-refractivity contribution in [2.75, 3.05) is 20.8 Å². The van der Waals surface area contributed by atoms with Crippen LogP contribution in [0.5, 0.6) is 0 Å². The maximum Gasteiger partial charge on any atom is 0.406 e. The zero-order valence-electron chi connectivity index (χ0n) is 11.8. The van der Waals surface area contributed by atoms with Gasteiger partial charge in [-0.2, -0.15) is 13.2 Å². The molecule has 0 aromatic carbocycles. The smallest absolute Gasteiger partial charge is 0.406 e. The number of methoxy groups -OCH3 is 2. The normalized spacial score (nSPS) is 18.0. The molecule has 9 heteroatoms. The van der Waals surface area contributed by atoms with Crippen LogP contribution < -0.4 is 0 Å². The Labute approximate surface area is 118 Å². The summed E-state index contributed by atoms with van der Waals surface area (Å²) in [6.07, 6.45) is -4.74. The Bertz CT molecular complexity index is 521. The standard InChI is InChI=1S/C12H14F3NO5/c1-11(2)6(8(17)20-3)7(9(18)21-4)16(10(11)19)5-12(13,14)15/h5H2,1-4H3. The summed E-state index contributed by atoms with van der Waals surface area (Å²) in [4.78, 5) is 35.8. The molecule has 0 atom stereocenters. The lowest BCUT2D eigenvalue weighted by molar-refractivity contribution is -0.162. The van der Waals surface area contributed by atoms with E-state index in [-0.39, 0.29) is 4.90 Å². The van der Waals surface area contributed by atoms with Crippen LogP contribution in [0.2, 0.25) is 0 Å². The van der Waals surface area contributed by atoms with E-state index in [1.807, 2.05) is 0 Å². The van der Waals surface area contributed by atoms with Crippen molar-refractivity contribution in [3.8, 4) is 0 Å². The van der Waals surface area contributed by atoms with Gasteiger partial charge in [0.25, 0.3) is 0 Å². The van der Waals surface area contributed by atoms with E-state index in [0.29, 0.717) is 0 Å². The highest BCUT2D eigenvalue weighted by molar-refractivity contribution is 6.12. The average molecular weight is 309 g/mol. The topological polar surface area (TPSA) is 72.9 Å². The maximum absolute atomic E-state index is 12.6. The van der Waals surface area contributed by atoms with E-state index in [9.17, 15) is 27.6 Å². The van der Waals surface area contributed by atoms with E-state index >= 15 is 0 Å². The number of carbonyl (C=O) groups excluding carboxylic acids is 3. The van der Waals surface area contributed by atoms with Crippen molar-refractivity contribution in [2.45, 2.75) is 20.0 Å². The molecule has 0 radical (unpaired) electrons. The number of hydrogen-bond donors (Lipinski definition) is 0. The Hall–Kier alpha value is -2.06. The molecule has 1 aliphatic heterocycles. The molecule has 0 N–H and O–H groups in total. The first-order valence-corrected chi connectivity index (χ1v) is 5.77. The van der Waals surface area contributed by atoms with Gasteiger partial charge in [0.15, 0.2) is 0 Å². The molecule has 1 heterocycles. The lowest BCUT2D eigenvalue weighted by atomic mass is 9.85. The van der Waals surface area contributed by atoms with Gasteiger partial charge in [-0.05, 0) is 13.8 Å². The summed E-state index contributed by atoms with van der Waals surface area (Å²) in [6.45, 7) is 0.780. The van der Waals surface area contributed by atoms with Crippen molar-refractivity contribution in [3.63, 3.8) is 0 Å². The number of esters is 2. The quantitative estimate of drug-likeness (QED) is 0.728. The Morgan fingerprint density at radius 1 is 1.14 bits per heavy atom. The van der Waals surface area contributed by atoms with Crippen molar-refractivity contribution in [1.82, 2.24) is 4.90 Å². The molecule has 0 aromatic heterocycles. The predicted molar refractivity (Wildman–Crippen MR) is 62.6 cm³/mol. The summed E-state index contributed by atoms with van der Waals surface area (Å²) in [7, 11) is 1.93. The SMILES string of the molecule is COC(=O)C1=C(C(=O)OC)C(C)(C)C(=O)N1CC(F)(F)F. The Morgan fingerprint density at radius 2 is 1.62 bits per heavy atom. The van der Waals surface area contributed by atoms with Gasteiger partial charge in [-0.1, -0.05) is 0 Å². The van der Waals surface area contributed by atoms with E-state index in [1.165, 1.54) is 13.8 Å². The van der Waals surface area contributed by atoms with E-state index in [1.54, 1.807) is 0 Å². The van der Waals surface area contributed by atoms with Crippen LogP contribution in [0.25, 0.3) is 0 Å². The molecular weight excluding hydrogens is 295 g/mol. The van der Waals surface area contributed by atoms with Crippen molar-refractivity contribution in [3.05, 3.63) is 11.3 Å². The molecule has 118 valence electrons. The summed E-state index contributed by atoms with van der Waals surface area (Å²) in [5.74, 6) is -3.29. The van der Waals surface area contributed by atoms with Crippen molar-refractivity contribution < 1.29 is 37.0 Å². The van der Waals surface area contributed by atoms with Gasteiger partial charge in [0.05, 0.1) is 25.2 Å². The van der Waals surface area contributed by atoms with Gasteiger partial charge in [-0.3, -0.25) is 9.69 Å². The Morgan fingerprint density at radius 3 is 2.00 bits per heavy atom. The fourth-order valence-electron chi connectivity index (χ4n) is 2.07. The maximum atomic E-state index is 12.6. The fourth-order valence-corrected chi connectivity index (χ4v) is 2.07. The molecule has 1 rings (SSSR count). The second-order valence-corrected chi connectivity index (χ2v) is 4.84. The molecule has 0 aromatic rings. The van der Waals surface area contributed by atoms with Gasteiger partial charge in [0, 0.05) is 0 Å². The monoisotopic (exact) mass is 309 g/mol. The largest absolute Gasteiger partial charge is 0.466 e. The lowest BCUT2D eigenvalue weighted by Crippen LogP contribution is -2.41. The third kappa shape index (κ3) is 3.01. The second-order valence-electron chi connectivity index (χ2n) is 4.84. The highest BCUT2D eigenvalue weighted by Gasteiger charge is 2.54. The van der Waals surface area contributed by atoms with E-state index < -0.39 is 47.3 Å². The first-order valence-electron chi connectivity index (χ1n) is 5.77. The van der Waals surface area contributed by atoms with Crippen molar-refractivity contribution in [1.29, 1.82) is 0 Å². The highest BCUT2D eigenvalue weighted by Crippen LogP contribution is 2.42. The number of hydrogen-bond acceptors (Lipinski definition) is 5. The summed E-state index contributed by atoms with van der Waals surface area (Å²) >= 11 is 0. The highest BCUT2D eigenvalue weighted by atomic mass is 19.4. The molecule has 0 unspecified atom stereocenters. The molecule has 0 saturated carbocycles. The summed E-state index contributed by atoms with van der Waals surface area (Å²) in [5, 5.41) is 0. The van der Waals surface area contributed by atoms with Gasteiger partial charge in [0.2, 0.25) is 5.91 Å². The first kappa shape index (κ1) is 17.0. The Balaban J connectivity index is 3.51. The zero-order valence-corrected chi connectivity index (χ0v) is 11.8. The van der Waals surface area contributed by atoms with Crippen LogP contribution in [0.1, 0.15) is 13.8 Å². The minimum atomic E-state index is -4.74. The van der Waals surface area contributed by atoms with Crippen LogP contribution >= 0.6 is 0 Å². The number of ether oxygens (including phenoxy) is 2. The average Bonchev–Trinajstić information content (AvgIpc) is 2.56. The van der Waals surface area contributed by atoms with Crippen LogP contribution in [-0.4, -0.2) is 49.7 Å². The molecule has 0 bridgehead atoms. The number of rotatable bonds is 3. The van der Waals surface area contributed by atoms with E-state index in [2.05, 4.69) is 9.47 Å². The van der Waals surface area contributed by atoms with Crippen LogP contribution in [0.15, 0.2) is 11.3 Å². The fraction of sp³-hybridized carbons (Fsp3) is 0.583. The predicted octanol–water partition coefficient (Wildman–Crippen LogP) is 1.02. The van der Waals surface area contributed by atoms with E-state index in [4.69, 9.17) is 0 Å². The van der Waals surface area contributed by atoms with Crippen LogP contribution in [0, 0.1) is 5.41 Å². The number of amides is 1. The zero-order chi connectivity index (χ0) is 16.6. The minimum Gasteiger partial charge on any atom is -0.466 e. The molecule has 6 nitrogen and oxygen atoms in total. The molecule has 0 aliphatic carbocycles. The minimum absolute atomic E-state index is 0.206. The molecular formula is C12H14F3NO5. The number of carbonyl (C=O) groups is 3. The summed E-state index contributed by atoms with van der Waals surface area (Å²) in [6, 6.07) is 0. The van der Waals surface area contributed by atoms with Crippen molar-refractivity contribution >= 4 is 17.8 Å². The molecule has 1 aliphatic rings. The summed E-state index contributed by atoms with van der Waals surface area (Å²) in [5.41, 5.74) is -2.82. The third-order valence-corrected chi connectivity index (χ3v) is 3.02. The van der Waals surface area contributed by atoms with Gasteiger partial charge < -0.3 is 9.47 Å². The molecule has 0 saturated heterocycles. The summed E-state index contributed by atoms with van der Waals surface area (Å²) < 4.78 is 46.6. The number of alkyl halides is 3.